The van der Waals surface area contributed by atoms with Crippen LogP contribution >= 0.6 is 0 Å². The molecule has 1 aromatic heterocycles. The van der Waals surface area contributed by atoms with Gasteiger partial charge in [-0.2, -0.15) is 0 Å². The molecule has 0 unspecified atom stereocenters. The van der Waals surface area contributed by atoms with Crippen LogP contribution in [0, 0.1) is 5.92 Å². The molecule has 4 heteroatoms. The third-order valence-corrected chi connectivity index (χ3v) is 2.96. The van der Waals surface area contributed by atoms with Crippen molar-refractivity contribution in [1.82, 2.24) is 4.98 Å². The van der Waals surface area contributed by atoms with Crippen LogP contribution in [0.5, 0.6) is 0 Å². The van der Waals surface area contributed by atoms with E-state index in [-0.39, 0.29) is 11.8 Å². The minimum atomic E-state index is -0.498. The van der Waals surface area contributed by atoms with Gasteiger partial charge in [-0.1, -0.05) is 26.0 Å². The Morgan fingerprint density at radius 3 is 2.83 bits per heavy atom. The minimum absolute atomic E-state index is 0.113. The average molecular weight is 243 g/mol. The van der Waals surface area contributed by atoms with Gasteiger partial charge >= 0.3 is 0 Å². The number of fused-ring (bicyclic) bond motifs is 1. The van der Waals surface area contributed by atoms with Crippen molar-refractivity contribution < 1.29 is 4.79 Å². The fourth-order valence-corrected chi connectivity index (χ4v) is 1.75. The van der Waals surface area contributed by atoms with Crippen molar-refractivity contribution in [3.63, 3.8) is 0 Å². The molecule has 1 aromatic carbocycles. The Bertz CT molecular complexity index is 560. The molecular weight excluding hydrogens is 226 g/mol. The van der Waals surface area contributed by atoms with Crippen LogP contribution in [0.4, 0.5) is 5.69 Å². The van der Waals surface area contributed by atoms with Crippen molar-refractivity contribution in [1.29, 1.82) is 0 Å². The molecule has 0 aliphatic rings. The van der Waals surface area contributed by atoms with Crippen LogP contribution < -0.4 is 11.1 Å². The highest BCUT2D eigenvalue weighted by atomic mass is 16.2. The van der Waals surface area contributed by atoms with Crippen LogP contribution in [-0.4, -0.2) is 16.9 Å². The monoisotopic (exact) mass is 243 g/mol. The number of nitrogens with zero attached hydrogens (tertiary/aromatic N) is 1. The normalized spacial score (nSPS) is 12.7. The molecule has 0 saturated carbocycles. The zero-order valence-corrected chi connectivity index (χ0v) is 10.6. The van der Waals surface area contributed by atoms with Crippen LogP contribution in [0.1, 0.15) is 13.8 Å². The zero-order valence-electron chi connectivity index (χ0n) is 10.6. The van der Waals surface area contributed by atoms with Gasteiger partial charge < -0.3 is 11.1 Å². The fraction of sp³-hybridized carbons (Fsp3) is 0.286. The number of carbonyl (C=O) groups is 1. The van der Waals surface area contributed by atoms with E-state index < -0.39 is 6.04 Å². The van der Waals surface area contributed by atoms with Crippen molar-refractivity contribution in [2.24, 2.45) is 11.7 Å². The van der Waals surface area contributed by atoms with Crippen molar-refractivity contribution in [2.75, 3.05) is 5.32 Å². The Morgan fingerprint density at radius 2 is 2.11 bits per heavy atom. The first-order valence-electron chi connectivity index (χ1n) is 5.99. The molecule has 0 aliphatic heterocycles. The summed E-state index contributed by atoms with van der Waals surface area (Å²) in [6, 6.07) is 7.10. The largest absolute Gasteiger partial charge is 0.324 e. The van der Waals surface area contributed by atoms with Crippen LogP contribution in [0.15, 0.2) is 36.7 Å². The molecule has 0 aliphatic carbocycles. The summed E-state index contributed by atoms with van der Waals surface area (Å²) < 4.78 is 0. The van der Waals surface area contributed by atoms with E-state index in [1.54, 1.807) is 12.4 Å². The second-order valence-electron chi connectivity index (χ2n) is 4.66. The molecule has 0 saturated heterocycles. The number of benzene rings is 1. The maximum absolute atomic E-state index is 11.9. The third kappa shape index (κ3) is 2.49. The van der Waals surface area contributed by atoms with Gasteiger partial charge in [-0.25, -0.2) is 0 Å². The number of nitrogens with two attached hydrogens (primary N) is 1. The van der Waals surface area contributed by atoms with Gasteiger partial charge in [0.05, 0.1) is 6.04 Å². The summed E-state index contributed by atoms with van der Waals surface area (Å²) in [4.78, 5) is 16.0. The van der Waals surface area contributed by atoms with E-state index >= 15 is 0 Å². The van der Waals surface area contributed by atoms with Gasteiger partial charge in [-0.3, -0.25) is 9.78 Å². The summed E-state index contributed by atoms with van der Waals surface area (Å²) in [6.45, 7) is 3.86. The molecule has 0 spiro atoms. The third-order valence-electron chi connectivity index (χ3n) is 2.96. The van der Waals surface area contributed by atoms with E-state index in [0.717, 1.165) is 16.5 Å². The lowest BCUT2D eigenvalue weighted by molar-refractivity contribution is -0.118. The SMILES string of the molecule is CC(C)[C@H](N)C(=O)Nc1cccc2cnccc12. The Kier molecular flexibility index (Phi) is 3.58. The first-order valence-corrected chi connectivity index (χ1v) is 5.99. The molecule has 18 heavy (non-hydrogen) atoms. The van der Waals surface area contributed by atoms with Gasteiger partial charge in [-0.15, -0.1) is 0 Å². The molecular formula is C14H17N3O. The molecule has 1 atom stereocenters. The molecule has 1 amide bonds. The number of anilines is 1. The van der Waals surface area contributed by atoms with Crippen molar-refractivity contribution in [3.05, 3.63) is 36.7 Å². The molecule has 3 N–H and O–H groups in total. The van der Waals surface area contributed by atoms with Crippen molar-refractivity contribution in [2.45, 2.75) is 19.9 Å². The highest BCUT2D eigenvalue weighted by molar-refractivity contribution is 6.03. The Labute approximate surface area is 106 Å². The van der Waals surface area contributed by atoms with Gasteiger partial charge in [0.1, 0.15) is 0 Å². The molecule has 4 nitrogen and oxygen atoms in total. The predicted molar refractivity (Wildman–Crippen MR) is 73.2 cm³/mol. The average Bonchev–Trinajstić information content (AvgIpc) is 2.38. The first kappa shape index (κ1) is 12.5. The number of amides is 1. The quantitative estimate of drug-likeness (QED) is 0.868. The molecule has 0 radical (unpaired) electrons. The second kappa shape index (κ2) is 5.14. The lowest BCUT2D eigenvalue weighted by Crippen LogP contribution is -2.39. The summed E-state index contributed by atoms with van der Waals surface area (Å²) in [7, 11) is 0. The fourth-order valence-electron chi connectivity index (χ4n) is 1.75. The Hall–Kier alpha value is -1.94. The second-order valence-corrected chi connectivity index (χ2v) is 4.66. The van der Waals surface area contributed by atoms with Crippen molar-refractivity contribution in [3.8, 4) is 0 Å². The first-order chi connectivity index (χ1) is 8.59. The standard InChI is InChI=1S/C14H17N3O/c1-9(2)13(15)14(18)17-12-5-3-4-10-8-16-7-6-11(10)12/h3-9,13H,15H2,1-2H3,(H,17,18)/t13-/m0/s1. The number of nitrogens with one attached hydrogen (secondary N) is 1. The van der Waals surface area contributed by atoms with E-state index in [2.05, 4.69) is 10.3 Å². The lowest BCUT2D eigenvalue weighted by Gasteiger charge is -2.16. The van der Waals surface area contributed by atoms with E-state index in [1.165, 1.54) is 0 Å². The summed E-state index contributed by atoms with van der Waals surface area (Å²) >= 11 is 0. The highest BCUT2D eigenvalue weighted by Crippen LogP contribution is 2.22. The summed E-state index contributed by atoms with van der Waals surface area (Å²) in [5, 5.41) is 4.84. The maximum atomic E-state index is 11.9. The molecule has 0 bridgehead atoms. The highest BCUT2D eigenvalue weighted by Gasteiger charge is 2.17. The lowest BCUT2D eigenvalue weighted by atomic mass is 10.0. The summed E-state index contributed by atoms with van der Waals surface area (Å²) in [5.41, 5.74) is 6.60. The number of rotatable bonds is 3. The van der Waals surface area contributed by atoms with Crippen LogP contribution in [0.25, 0.3) is 10.8 Å². The number of aromatic nitrogens is 1. The smallest absolute Gasteiger partial charge is 0.241 e. The Balaban J connectivity index is 2.30. The molecule has 1 heterocycles. The number of carbonyl (C=O) groups excluding carboxylic acids is 1. The zero-order chi connectivity index (χ0) is 13.1. The molecule has 2 rings (SSSR count). The van der Waals surface area contributed by atoms with Crippen LogP contribution in [-0.2, 0) is 4.79 Å². The predicted octanol–water partition coefficient (Wildman–Crippen LogP) is 2.16. The van der Waals surface area contributed by atoms with Gasteiger partial charge in [0.2, 0.25) is 5.91 Å². The molecule has 2 aromatic rings. The van der Waals surface area contributed by atoms with Gasteiger partial charge in [0.15, 0.2) is 0 Å². The maximum Gasteiger partial charge on any atom is 0.241 e. The van der Waals surface area contributed by atoms with Gasteiger partial charge in [-0.05, 0) is 18.1 Å². The van der Waals surface area contributed by atoms with Crippen molar-refractivity contribution >= 4 is 22.4 Å². The Morgan fingerprint density at radius 1 is 1.33 bits per heavy atom. The summed E-state index contributed by atoms with van der Waals surface area (Å²) in [5.74, 6) is -0.0454. The van der Waals surface area contributed by atoms with E-state index in [1.807, 2.05) is 38.1 Å². The van der Waals surface area contributed by atoms with E-state index in [9.17, 15) is 4.79 Å². The number of hydrogen-bond acceptors (Lipinski definition) is 3. The van der Waals surface area contributed by atoms with Gasteiger partial charge in [0.25, 0.3) is 0 Å². The summed E-state index contributed by atoms with van der Waals surface area (Å²) in [6.07, 6.45) is 3.48. The van der Waals surface area contributed by atoms with E-state index in [0.29, 0.717) is 0 Å². The number of pyridine rings is 1. The van der Waals surface area contributed by atoms with Crippen LogP contribution in [0.3, 0.4) is 0 Å². The van der Waals surface area contributed by atoms with E-state index in [4.69, 9.17) is 5.73 Å². The number of hydrogen-bond donors (Lipinski definition) is 2. The van der Waals surface area contributed by atoms with Gasteiger partial charge in [0, 0.05) is 28.9 Å². The molecule has 94 valence electrons. The molecule has 0 fully saturated rings. The minimum Gasteiger partial charge on any atom is -0.324 e. The van der Waals surface area contributed by atoms with Crippen LogP contribution in [0.2, 0.25) is 0 Å². The topological polar surface area (TPSA) is 68.0 Å².